The van der Waals surface area contributed by atoms with Gasteiger partial charge in [-0.05, 0) is 38.5 Å². The summed E-state index contributed by atoms with van der Waals surface area (Å²) in [5.41, 5.74) is 1.13. The van der Waals surface area contributed by atoms with Crippen molar-refractivity contribution in [3.05, 3.63) is 35.9 Å². The van der Waals surface area contributed by atoms with Crippen molar-refractivity contribution >= 4 is 11.5 Å². The zero-order valence-electron chi connectivity index (χ0n) is 11.6. The van der Waals surface area contributed by atoms with Crippen molar-refractivity contribution in [2.24, 2.45) is 10.6 Å². The van der Waals surface area contributed by atoms with Gasteiger partial charge in [-0.15, -0.1) is 0 Å². The van der Waals surface area contributed by atoms with E-state index in [1.165, 1.54) is 0 Å². The maximum absolute atomic E-state index is 12.9. The molecule has 4 rings (SSSR count). The van der Waals surface area contributed by atoms with Crippen LogP contribution in [-0.2, 0) is 9.63 Å². The van der Waals surface area contributed by atoms with E-state index in [4.69, 9.17) is 4.84 Å². The van der Waals surface area contributed by atoms with Gasteiger partial charge in [0.15, 0.2) is 5.60 Å². The molecule has 0 N–H and O–H groups in total. The lowest BCUT2D eigenvalue weighted by atomic mass is 9.66. The molecule has 0 amide bonds. The second-order valence-corrected chi connectivity index (χ2v) is 6.28. The largest absolute Gasteiger partial charge is 0.387 e. The lowest BCUT2D eigenvalue weighted by Crippen LogP contribution is -2.50. The number of hydrogen-bond donors (Lipinski definition) is 0. The van der Waals surface area contributed by atoms with E-state index in [-0.39, 0.29) is 5.60 Å². The average molecular weight is 269 g/mol. The highest BCUT2D eigenvalue weighted by molar-refractivity contribution is 6.19. The molecule has 2 unspecified atom stereocenters. The van der Waals surface area contributed by atoms with E-state index in [0.29, 0.717) is 12.2 Å². The fourth-order valence-corrected chi connectivity index (χ4v) is 4.46. The minimum atomic E-state index is -0.467. The number of nitrogens with zero attached hydrogens (tertiary/aromatic N) is 1. The predicted molar refractivity (Wildman–Crippen MR) is 76.6 cm³/mol. The Balaban J connectivity index is 1.88. The maximum atomic E-state index is 12.9. The van der Waals surface area contributed by atoms with Gasteiger partial charge in [-0.3, -0.25) is 4.79 Å². The minimum absolute atomic E-state index is 0.342. The topological polar surface area (TPSA) is 38.7 Å². The van der Waals surface area contributed by atoms with E-state index in [2.05, 4.69) is 5.16 Å². The van der Waals surface area contributed by atoms with E-state index < -0.39 is 5.41 Å². The zero-order valence-corrected chi connectivity index (χ0v) is 11.6. The van der Waals surface area contributed by atoms with Crippen LogP contribution in [0.1, 0.15) is 50.5 Å². The normalized spacial score (nSPS) is 35.8. The molecule has 0 saturated heterocycles. The number of hydrogen-bond acceptors (Lipinski definition) is 3. The summed E-state index contributed by atoms with van der Waals surface area (Å²) in [6.45, 7) is 0. The summed E-state index contributed by atoms with van der Waals surface area (Å²) >= 11 is 0. The highest BCUT2D eigenvalue weighted by atomic mass is 16.7. The Morgan fingerprint density at radius 2 is 1.80 bits per heavy atom. The molecule has 1 aromatic carbocycles. The summed E-state index contributed by atoms with van der Waals surface area (Å²) < 4.78 is 0. The van der Waals surface area contributed by atoms with E-state index in [0.717, 1.165) is 49.8 Å². The Morgan fingerprint density at radius 3 is 2.65 bits per heavy atom. The number of ketones is 1. The van der Waals surface area contributed by atoms with Crippen molar-refractivity contribution in [3.8, 4) is 0 Å². The lowest BCUT2D eigenvalue weighted by molar-refractivity contribution is -0.136. The van der Waals surface area contributed by atoms with Gasteiger partial charge < -0.3 is 4.84 Å². The molecule has 20 heavy (non-hydrogen) atoms. The summed E-state index contributed by atoms with van der Waals surface area (Å²) in [5, 5.41) is 4.40. The molecule has 1 aromatic rings. The Morgan fingerprint density at radius 1 is 1.00 bits per heavy atom. The van der Waals surface area contributed by atoms with Gasteiger partial charge in [-0.1, -0.05) is 35.5 Å². The Labute approximate surface area is 119 Å². The van der Waals surface area contributed by atoms with E-state index in [1.54, 1.807) is 0 Å². The van der Waals surface area contributed by atoms with Crippen LogP contribution in [0.3, 0.4) is 0 Å². The van der Waals surface area contributed by atoms with Gasteiger partial charge in [0.05, 0.1) is 0 Å². The quantitative estimate of drug-likeness (QED) is 0.783. The van der Waals surface area contributed by atoms with Crippen LogP contribution in [-0.4, -0.2) is 17.1 Å². The molecular formula is C17H19NO2. The van der Waals surface area contributed by atoms with E-state index >= 15 is 0 Å². The number of carbonyl (C=O) groups is 1. The standard InChI is InChI=1S/C17H19NO2/c19-14-9-4-5-10-16-11-6-12-17(14,16)15(18-20-16)13-7-2-1-3-8-13/h1-3,7-8H,4-6,9-12H2. The lowest BCUT2D eigenvalue weighted by Gasteiger charge is -2.35. The molecule has 2 fully saturated rings. The second-order valence-electron chi connectivity index (χ2n) is 6.28. The van der Waals surface area contributed by atoms with Crippen molar-refractivity contribution in [2.45, 2.75) is 50.5 Å². The molecule has 3 nitrogen and oxygen atoms in total. The predicted octanol–water partition coefficient (Wildman–Crippen LogP) is 3.47. The van der Waals surface area contributed by atoms with Gasteiger partial charge in [-0.25, -0.2) is 0 Å². The Hall–Kier alpha value is -1.64. The van der Waals surface area contributed by atoms with Gasteiger partial charge in [0.2, 0.25) is 0 Å². The highest BCUT2D eigenvalue weighted by Gasteiger charge is 2.67. The molecule has 3 heteroatoms. The third-order valence-corrected chi connectivity index (χ3v) is 5.38. The van der Waals surface area contributed by atoms with Crippen molar-refractivity contribution < 1.29 is 9.63 Å². The Kier molecular flexibility index (Phi) is 2.53. The molecule has 0 radical (unpaired) electrons. The SMILES string of the molecule is O=C1CCCCC23CCCC12C(c1ccccc1)=NO3. The average Bonchev–Trinajstić information content (AvgIpc) is 2.95. The summed E-state index contributed by atoms with van der Waals surface area (Å²) in [6, 6.07) is 10.1. The van der Waals surface area contributed by atoms with Crippen LogP contribution in [0.4, 0.5) is 0 Å². The monoisotopic (exact) mass is 269 g/mol. The van der Waals surface area contributed by atoms with Gasteiger partial charge >= 0.3 is 0 Å². The number of carbonyl (C=O) groups excluding carboxylic acids is 1. The molecule has 1 aliphatic heterocycles. The van der Waals surface area contributed by atoms with Crippen LogP contribution in [0.2, 0.25) is 0 Å². The van der Waals surface area contributed by atoms with Crippen molar-refractivity contribution in [3.63, 3.8) is 0 Å². The van der Waals surface area contributed by atoms with Crippen LogP contribution in [0.25, 0.3) is 0 Å². The molecule has 2 atom stereocenters. The van der Waals surface area contributed by atoms with E-state index in [1.807, 2.05) is 30.3 Å². The molecule has 0 aromatic heterocycles. The first-order chi connectivity index (χ1) is 9.79. The van der Waals surface area contributed by atoms with Gasteiger partial charge in [0, 0.05) is 12.0 Å². The third kappa shape index (κ3) is 1.36. The fraction of sp³-hybridized carbons (Fsp3) is 0.529. The highest BCUT2D eigenvalue weighted by Crippen LogP contribution is 2.59. The number of rotatable bonds is 1. The zero-order chi connectivity index (χ0) is 13.6. The molecular weight excluding hydrogens is 250 g/mol. The molecule has 1 heterocycles. The first kappa shape index (κ1) is 12.1. The van der Waals surface area contributed by atoms with Crippen LogP contribution in [0, 0.1) is 5.41 Å². The van der Waals surface area contributed by atoms with Crippen molar-refractivity contribution in [1.82, 2.24) is 0 Å². The molecule has 3 aliphatic rings. The third-order valence-electron chi connectivity index (χ3n) is 5.38. The van der Waals surface area contributed by atoms with Gasteiger partial charge in [0.25, 0.3) is 0 Å². The van der Waals surface area contributed by atoms with Crippen LogP contribution in [0.5, 0.6) is 0 Å². The second kappa shape index (κ2) is 4.18. The summed E-state index contributed by atoms with van der Waals surface area (Å²) in [4.78, 5) is 18.9. The van der Waals surface area contributed by atoms with Crippen molar-refractivity contribution in [1.29, 1.82) is 0 Å². The molecule has 0 bridgehead atoms. The molecule has 0 spiro atoms. The number of Topliss-reactive ketones (excluding diaryl/α,β-unsaturated/α-hetero) is 1. The number of benzene rings is 1. The van der Waals surface area contributed by atoms with Crippen LogP contribution < -0.4 is 0 Å². The first-order valence-corrected chi connectivity index (χ1v) is 7.64. The Bertz CT molecular complexity index is 580. The summed E-state index contributed by atoms with van der Waals surface area (Å²) in [6.07, 6.45) is 6.66. The van der Waals surface area contributed by atoms with Crippen LogP contribution in [0.15, 0.2) is 35.5 Å². The molecule has 2 saturated carbocycles. The van der Waals surface area contributed by atoms with Crippen molar-refractivity contribution in [2.75, 3.05) is 0 Å². The fourth-order valence-electron chi connectivity index (χ4n) is 4.46. The summed E-state index contributed by atoms with van der Waals surface area (Å²) in [5.74, 6) is 0.354. The smallest absolute Gasteiger partial charge is 0.155 e. The molecule has 104 valence electrons. The number of oxime groups is 1. The maximum Gasteiger partial charge on any atom is 0.155 e. The first-order valence-electron chi connectivity index (χ1n) is 7.64. The van der Waals surface area contributed by atoms with Gasteiger partial charge in [0.1, 0.15) is 16.9 Å². The summed E-state index contributed by atoms with van der Waals surface area (Å²) in [7, 11) is 0. The minimum Gasteiger partial charge on any atom is -0.387 e. The van der Waals surface area contributed by atoms with E-state index in [9.17, 15) is 4.79 Å². The molecule has 2 aliphatic carbocycles. The van der Waals surface area contributed by atoms with Crippen LogP contribution >= 0.6 is 0 Å². The van der Waals surface area contributed by atoms with Gasteiger partial charge in [-0.2, -0.15) is 0 Å².